The Hall–Kier alpha value is -1.87. The van der Waals surface area contributed by atoms with Gasteiger partial charge in [0.1, 0.15) is 0 Å². The molecule has 0 fully saturated rings. The number of nitrogens with zero attached hydrogens (tertiary/aromatic N) is 2. The first-order chi connectivity index (χ1) is 9.20. The highest BCUT2D eigenvalue weighted by atomic mass is 15.1. The summed E-state index contributed by atoms with van der Waals surface area (Å²) >= 11 is 0. The van der Waals surface area contributed by atoms with Crippen LogP contribution in [0.2, 0.25) is 0 Å². The van der Waals surface area contributed by atoms with Crippen molar-refractivity contribution >= 4 is 5.69 Å². The minimum atomic E-state index is 0.286. The van der Waals surface area contributed by atoms with Crippen LogP contribution < -0.4 is 10.2 Å². The van der Waals surface area contributed by atoms with Gasteiger partial charge in [0, 0.05) is 19.6 Å². The third-order valence-corrected chi connectivity index (χ3v) is 3.35. The molecule has 0 aliphatic heterocycles. The van der Waals surface area contributed by atoms with E-state index in [0.29, 0.717) is 0 Å². The Labute approximate surface area is 115 Å². The molecule has 0 radical (unpaired) electrons. The zero-order valence-corrected chi connectivity index (χ0v) is 11.8. The number of anilines is 1. The molecular formula is C16H21N3. The molecule has 1 N–H and O–H groups in total. The summed E-state index contributed by atoms with van der Waals surface area (Å²) in [5, 5.41) is 3.19. The molecule has 1 unspecified atom stereocenters. The SMILES string of the molecule is CNC(C)c1ccc(N(C)Cc2ccccc2)cn1. The Morgan fingerprint density at radius 2 is 1.89 bits per heavy atom. The van der Waals surface area contributed by atoms with Crippen molar-refractivity contribution in [1.82, 2.24) is 10.3 Å². The van der Waals surface area contributed by atoms with E-state index in [1.807, 2.05) is 19.3 Å². The van der Waals surface area contributed by atoms with Crippen molar-refractivity contribution in [3.63, 3.8) is 0 Å². The third-order valence-electron chi connectivity index (χ3n) is 3.35. The molecule has 0 bridgehead atoms. The van der Waals surface area contributed by atoms with Crippen LogP contribution in [0.3, 0.4) is 0 Å². The molecule has 3 heteroatoms. The Morgan fingerprint density at radius 1 is 1.16 bits per heavy atom. The van der Waals surface area contributed by atoms with Gasteiger partial charge in [0.2, 0.25) is 0 Å². The number of nitrogens with one attached hydrogen (secondary N) is 1. The molecule has 1 aromatic heterocycles. The van der Waals surface area contributed by atoms with Crippen molar-refractivity contribution in [2.45, 2.75) is 19.5 Å². The molecule has 100 valence electrons. The Bertz CT molecular complexity index is 493. The molecule has 2 rings (SSSR count). The summed E-state index contributed by atoms with van der Waals surface area (Å²) in [7, 11) is 4.03. The zero-order chi connectivity index (χ0) is 13.7. The molecule has 0 saturated heterocycles. The monoisotopic (exact) mass is 255 g/mol. The minimum Gasteiger partial charge on any atom is -0.369 e. The standard InChI is InChI=1S/C16H21N3/c1-13(17-2)16-10-9-15(11-18-16)19(3)12-14-7-5-4-6-8-14/h4-11,13,17H,12H2,1-3H3. The fourth-order valence-electron chi connectivity index (χ4n) is 1.98. The molecule has 0 aliphatic carbocycles. The lowest BCUT2D eigenvalue weighted by molar-refractivity contribution is 0.632. The molecule has 1 atom stereocenters. The van der Waals surface area contributed by atoms with Gasteiger partial charge in [0.15, 0.2) is 0 Å². The van der Waals surface area contributed by atoms with E-state index in [0.717, 1.165) is 17.9 Å². The molecule has 19 heavy (non-hydrogen) atoms. The molecule has 1 heterocycles. The van der Waals surface area contributed by atoms with Crippen molar-refractivity contribution in [3.8, 4) is 0 Å². The average molecular weight is 255 g/mol. The van der Waals surface area contributed by atoms with Crippen LogP contribution >= 0.6 is 0 Å². The van der Waals surface area contributed by atoms with Gasteiger partial charge < -0.3 is 10.2 Å². The van der Waals surface area contributed by atoms with Gasteiger partial charge in [0.25, 0.3) is 0 Å². The van der Waals surface area contributed by atoms with Gasteiger partial charge in [0.05, 0.1) is 17.6 Å². The predicted molar refractivity (Wildman–Crippen MR) is 80.3 cm³/mol. The molecule has 0 saturated carbocycles. The first kappa shape index (κ1) is 13.6. The van der Waals surface area contributed by atoms with Crippen LogP contribution in [-0.4, -0.2) is 19.1 Å². The van der Waals surface area contributed by atoms with Crippen molar-refractivity contribution in [2.24, 2.45) is 0 Å². The van der Waals surface area contributed by atoms with Crippen LogP contribution in [0.25, 0.3) is 0 Å². The summed E-state index contributed by atoms with van der Waals surface area (Å²) in [6.45, 7) is 3.00. The molecule has 1 aromatic carbocycles. The van der Waals surface area contributed by atoms with Crippen molar-refractivity contribution in [1.29, 1.82) is 0 Å². The Morgan fingerprint density at radius 3 is 2.47 bits per heavy atom. The molecule has 3 nitrogen and oxygen atoms in total. The van der Waals surface area contributed by atoms with E-state index in [-0.39, 0.29) is 6.04 Å². The van der Waals surface area contributed by atoms with E-state index in [4.69, 9.17) is 0 Å². The highest BCUT2D eigenvalue weighted by Crippen LogP contribution is 2.17. The molecule has 0 amide bonds. The second-order valence-corrected chi connectivity index (χ2v) is 4.79. The highest BCUT2D eigenvalue weighted by molar-refractivity contribution is 5.44. The third kappa shape index (κ3) is 3.55. The highest BCUT2D eigenvalue weighted by Gasteiger charge is 2.06. The normalized spacial score (nSPS) is 12.2. The predicted octanol–water partition coefficient (Wildman–Crippen LogP) is 3.00. The number of hydrogen-bond donors (Lipinski definition) is 1. The summed E-state index contributed by atoms with van der Waals surface area (Å²) in [5.41, 5.74) is 3.51. The van der Waals surface area contributed by atoms with E-state index >= 15 is 0 Å². The Balaban J connectivity index is 2.05. The van der Waals surface area contributed by atoms with Crippen LogP contribution in [0.4, 0.5) is 5.69 Å². The fraction of sp³-hybridized carbons (Fsp3) is 0.312. The lowest BCUT2D eigenvalue weighted by Gasteiger charge is -2.20. The van der Waals surface area contributed by atoms with E-state index < -0.39 is 0 Å². The topological polar surface area (TPSA) is 28.2 Å². The summed E-state index contributed by atoms with van der Waals surface area (Å²) < 4.78 is 0. The van der Waals surface area contributed by atoms with E-state index in [1.165, 1.54) is 5.56 Å². The summed E-state index contributed by atoms with van der Waals surface area (Å²) in [4.78, 5) is 6.71. The first-order valence-electron chi connectivity index (χ1n) is 6.59. The average Bonchev–Trinajstić information content (AvgIpc) is 2.47. The van der Waals surface area contributed by atoms with Gasteiger partial charge in [-0.15, -0.1) is 0 Å². The maximum atomic E-state index is 4.51. The van der Waals surface area contributed by atoms with Gasteiger partial charge in [-0.25, -0.2) is 0 Å². The minimum absolute atomic E-state index is 0.286. The summed E-state index contributed by atoms with van der Waals surface area (Å²) in [6.07, 6.45) is 1.94. The zero-order valence-electron chi connectivity index (χ0n) is 11.8. The molecule has 0 aliphatic rings. The fourth-order valence-corrected chi connectivity index (χ4v) is 1.98. The van der Waals surface area contributed by atoms with Crippen molar-refractivity contribution in [2.75, 3.05) is 19.0 Å². The summed E-state index contributed by atoms with van der Waals surface area (Å²) in [6, 6.07) is 14.9. The molecular weight excluding hydrogens is 234 g/mol. The number of aromatic nitrogens is 1. The van der Waals surface area contributed by atoms with E-state index in [1.54, 1.807) is 0 Å². The van der Waals surface area contributed by atoms with Gasteiger partial charge in [-0.3, -0.25) is 4.98 Å². The number of rotatable bonds is 5. The van der Waals surface area contributed by atoms with Crippen LogP contribution in [0, 0.1) is 0 Å². The lowest BCUT2D eigenvalue weighted by Crippen LogP contribution is -2.18. The smallest absolute Gasteiger partial charge is 0.0571 e. The maximum Gasteiger partial charge on any atom is 0.0571 e. The summed E-state index contributed by atoms with van der Waals surface area (Å²) in [5.74, 6) is 0. The maximum absolute atomic E-state index is 4.51. The Kier molecular flexibility index (Phi) is 4.53. The van der Waals surface area contributed by atoms with Gasteiger partial charge in [-0.1, -0.05) is 30.3 Å². The number of hydrogen-bond acceptors (Lipinski definition) is 3. The van der Waals surface area contributed by atoms with Crippen molar-refractivity contribution < 1.29 is 0 Å². The lowest BCUT2D eigenvalue weighted by atomic mass is 10.2. The number of pyridine rings is 1. The van der Waals surface area contributed by atoms with Gasteiger partial charge in [-0.2, -0.15) is 0 Å². The second kappa shape index (κ2) is 6.34. The number of benzene rings is 1. The first-order valence-corrected chi connectivity index (χ1v) is 6.59. The van der Waals surface area contributed by atoms with Gasteiger partial charge in [-0.05, 0) is 31.7 Å². The van der Waals surface area contributed by atoms with Crippen LogP contribution in [0.15, 0.2) is 48.7 Å². The van der Waals surface area contributed by atoms with E-state index in [2.05, 4.69) is 65.6 Å². The molecule has 2 aromatic rings. The van der Waals surface area contributed by atoms with Gasteiger partial charge >= 0.3 is 0 Å². The quantitative estimate of drug-likeness (QED) is 0.890. The van der Waals surface area contributed by atoms with Crippen LogP contribution in [0.1, 0.15) is 24.2 Å². The van der Waals surface area contributed by atoms with Crippen LogP contribution in [-0.2, 0) is 6.54 Å². The van der Waals surface area contributed by atoms with E-state index in [9.17, 15) is 0 Å². The van der Waals surface area contributed by atoms with Crippen molar-refractivity contribution in [3.05, 3.63) is 59.9 Å². The second-order valence-electron chi connectivity index (χ2n) is 4.79. The largest absolute Gasteiger partial charge is 0.369 e. The van der Waals surface area contributed by atoms with Crippen LogP contribution in [0.5, 0.6) is 0 Å². The molecule has 0 spiro atoms.